The first-order chi connectivity index (χ1) is 14.2. The van der Waals surface area contributed by atoms with Gasteiger partial charge in [0.1, 0.15) is 16.6 Å². The van der Waals surface area contributed by atoms with Crippen LogP contribution in [0.1, 0.15) is 16.1 Å². The molecule has 3 rings (SSSR count). The minimum atomic E-state index is -4.49. The largest absolute Gasteiger partial charge is 0.476 e. The molecule has 0 radical (unpaired) electrons. The lowest BCUT2D eigenvalue weighted by Crippen LogP contribution is -2.37. The Kier molecular flexibility index (Phi) is 6.26. The van der Waals surface area contributed by atoms with Crippen molar-refractivity contribution in [2.24, 2.45) is 4.99 Å². The van der Waals surface area contributed by atoms with Gasteiger partial charge in [0.25, 0.3) is 10.0 Å². The number of ketones is 1. The number of carbonyl (C=O) groups excluding carboxylic acids is 1. The number of aliphatic imine (C=N–C) groups is 1. The highest BCUT2D eigenvalue weighted by Crippen LogP contribution is 2.26. The first-order valence-electron chi connectivity index (χ1n) is 8.39. The summed E-state index contributed by atoms with van der Waals surface area (Å²) in [6, 6.07) is 1.12. The number of aromatic carboxylic acids is 1. The highest BCUT2D eigenvalue weighted by Gasteiger charge is 2.24. The SMILES string of the molecule is O=C(CNC1=NCCN1)Cc1c(F)cc(S(=O)(=O)Nc2scnc2C(=O)O)cc1F. The summed E-state index contributed by atoms with van der Waals surface area (Å²) < 4.78 is 55.5. The summed E-state index contributed by atoms with van der Waals surface area (Å²) in [5.74, 6) is -4.02. The molecule has 0 saturated carbocycles. The highest BCUT2D eigenvalue weighted by molar-refractivity contribution is 7.93. The number of sulfonamides is 1. The van der Waals surface area contributed by atoms with Crippen molar-refractivity contribution in [2.45, 2.75) is 11.3 Å². The Bertz CT molecular complexity index is 1110. The van der Waals surface area contributed by atoms with E-state index in [0.29, 0.717) is 42.5 Å². The number of hydrogen-bond donors (Lipinski definition) is 4. The number of carboxylic acids is 1. The number of nitrogens with one attached hydrogen (secondary N) is 3. The second kappa shape index (κ2) is 8.71. The number of aromatic nitrogens is 1. The maximum Gasteiger partial charge on any atom is 0.357 e. The van der Waals surface area contributed by atoms with Crippen molar-refractivity contribution in [3.8, 4) is 0 Å². The molecule has 0 aliphatic carbocycles. The van der Waals surface area contributed by atoms with E-state index in [1.807, 2.05) is 4.72 Å². The zero-order valence-electron chi connectivity index (χ0n) is 15.1. The monoisotopic (exact) mass is 459 g/mol. The van der Waals surface area contributed by atoms with Crippen LogP contribution in [0.15, 0.2) is 27.5 Å². The van der Waals surface area contributed by atoms with E-state index in [2.05, 4.69) is 20.6 Å². The molecule has 160 valence electrons. The minimum Gasteiger partial charge on any atom is -0.476 e. The molecule has 1 aromatic carbocycles. The van der Waals surface area contributed by atoms with Crippen molar-refractivity contribution in [3.63, 3.8) is 0 Å². The van der Waals surface area contributed by atoms with E-state index in [9.17, 15) is 26.8 Å². The van der Waals surface area contributed by atoms with E-state index in [1.54, 1.807) is 0 Å². The van der Waals surface area contributed by atoms with Crippen molar-refractivity contribution in [2.75, 3.05) is 24.4 Å². The standard InChI is InChI=1S/C16H15F2N5O5S2/c17-11-4-9(30(27,28)23-14-13(15(25)26)22-7-29-14)5-12(18)10(11)3-8(24)6-21-16-19-1-2-20-16/h4-5,7,23H,1-3,6H2,(H,25,26)(H2,19,20,21). The Morgan fingerprint density at radius 3 is 2.57 bits per heavy atom. The average molecular weight is 459 g/mol. The maximum absolute atomic E-state index is 14.4. The molecule has 0 amide bonds. The van der Waals surface area contributed by atoms with Gasteiger partial charge in [-0.05, 0) is 12.1 Å². The number of hydrogen-bond acceptors (Lipinski definition) is 9. The van der Waals surface area contributed by atoms with Gasteiger partial charge >= 0.3 is 5.97 Å². The smallest absolute Gasteiger partial charge is 0.357 e. The number of carbonyl (C=O) groups is 2. The van der Waals surface area contributed by atoms with Gasteiger partial charge in [-0.1, -0.05) is 0 Å². The van der Waals surface area contributed by atoms with Crippen LogP contribution in [0.2, 0.25) is 0 Å². The van der Waals surface area contributed by atoms with Gasteiger partial charge in [0.05, 0.1) is 23.5 Å². The van der Waals surface area contributed by atoms with Crippen LogP contribution in [0.3, 0.4) is 0 Å². The first-order valence-corrected chi connectivity index (χ1v) is 10.7. The fourth-order valence-electron chi connectivity index (χ4n) is 2.51. The summed E-state index contributed by atoms with van der Waals surface area (Å²) in [4.78, 5) is 29.8. The third-order valence-corrected chi connectivity index (χ3v) is 6.12. The molecule has 10 nitrogen and oxygen atoms in total. The lowest BCUT2D eigenvalue weighted by Gasteiger charge is -2.11. The average Bonchev–Trinajstić information content (AvgIpc) is 3.34. The molecule has 0 unspecified atom stereocenters. The number of halogens is 2. The van der Waals surface area contributed by atoms with Crippen LogP contribution in [-0.2, 0) is 21.2 Å². The van der Waals surface area contributed by atoms with Gasteiger partial charge in [0.15, 0.2) is 17.4 Å². The third kappa shape index (κ3) is 4.88. The molecule has 14 heteroatoms. The Labute approximate surface area is 173 Å². The van der Waals surface area contributed by atoms with E-state index in [-0.39, 0.29) is 11.5 Å². The van der Waals surface area contributed by atoms with Crippen LogP contribution in [0.5, 0.6) is 0 Å². The number of Topliss-reactive ketones (excluding diaryl/α,β-unsaturated/α-hetero) is 1. The number of thiazole rings is 1. The Balaban J connectivity index is 1.75. The maximum atomic E-state index is 14.4. The van der Waals surface area contributed by atoms with Crippen LogP contribution < -0.4 is 15.4 Å². The molecule has 0 saturated heterocycles. The number of guanidine groups is 1. The zero-order valence-corrected chi connectivity index (χ0v) is 16.7. The van der Waals surface area contributed by atoms with Gasteiger partial charge < -0.3 is 15.7 Å². The Morgan fingerprint density at radius 1 is 1.27 bits per heavy atom. The van der Waals surface area contributed by atoms with Crippen LogP contribution in [0, 0.1) is 11.6 Å². The molecule has 2 aromatic rings. The Morgan fingerprint density at radius 2 is 1.97 bits per heavy atom. The number of benzene rings is 1. The molecule has 0 bridgehead atoms. The predicted molar refractivity (Wildman–Crippen MR) is 103 cm³/mol. The molecule has 30 heavy (non-hydrogen) atoms. The first kappa shape index (κ1) is 21.6. The molecule has 4 N–H and O–H groups in total. The van der Waals surface area contributed by atoms with Gasteiger partial charge in [0.2, 0.25) is 0 Å². The number of rotatable bonds is 8. The number of nitrogens with zero attached hydrogens (tertiary/aromatic N) is 2. The van der Waals surface area contributed by atoms with Crippen molar-refractivity contribution < 1.29 is 31.9 Å². The third-order valence-electron chi connectivity index (χ3n) is 3.92. The van der Waals surface area contributed by atoms with E-state index in [0.717, 1.165) is 5.51 Å². The quantitative estimate of drug-likeness (QED) is 0.448. The van der Waals surface area contributed by atoms with Crippen LogP contribution in [-0.4, -0.2) is 55.9 Å². The van der Waals surface area contributed by atoms with Crippen molar-refractivity contribution >= 4 is 44.1 Å². The van der Waals surface area contributed by atoms with Gasteiger partial charge in [-0.3, -0.25) is 14.5 Å². The summed E-state index contributed by atoms with van der Waals surface area (Å²) >= 11 is 0.699. The summed E-state index contributed by atoms with van der Waals surface area (Å²) in [5, 5.41) is 14.3. The zero-order chi connectivity index (χ0) is 21.9. The van der Waals surface area contributed by atoms with Crippen LogP contribution >= 0.6 is 11.3 Å². The van der Waals surface area contributed by atoms with Gasteiger partial charge in [-0.2, -0.15) is 0 Å². The lowest BCUT2D eigenvalue weighted by atomic mass is 10.1. The van der Waals surface area contributed by atoms with Gasteiger partial charge in [-0.15, -0.1) is 11.3 Å². The summed E-state index contributed by atoms with van der Waals surface area (Å²) in [6.45, 7) is 0.966. The molecular weight excluding hydrogens is 444 g/mol. The lowest BCUT2D eigenvalue weighted by molar-refractivity contribution is -0.117. The Hall–Kier alpha value is -3.13. The predicted octanol–water partition coefficient (Wildman–Crippen LogP) is 0.581. The van der Waals surface area contributed by atoms with Crippen LogP contribution in [0.4, 0.5) is 13.8 Å². The van der Waals surface area contributed by atoms with E-state index in [4.69, 9.17) is 5.11 Å². The topological polar surface area (TPSA) is 150 Å². The summed E-state index contributed by atoms with van der Waals surface area (Å²) in [7, 11) is -4.49. The molecule has 0 spiro atoms. The molecule has 1 aromatic heterocycles. The minimum absolute atomic E-state index is 0.213. The fraction of sp³-hybridized carbons (Fsp3) is 0.250. The highest BCUT2D eigenvalue weighted by atomic mass is 32.2. The fourth-order valence-corrected chi connectivity index (χ4v) is 4.53. The second-order valence-electron chi connectivity index (χ2n) is 6.03. The second-order valence-corrected chi connectivity index (χ2v) is 8.57. The van der Waals surface area contributed by atoms with E-state index < -0.39 is 56.0 Å². The summed E-state index contributed by atoms with van der Waals surface area (Å²) in [5.41, 5.74) is -0.00981. The molecule has 1 aliphatic rings. The van der Waals surface area contributed by atoms with Crippen molar-refractivity contribution in [1.29, 1.82) is 0 Å². The van der Waals surface area contributed by atoms with E-state index >= 15 is 0 Å². The molecule has 1 aliphatic heterocycles. The van der Waals surface area contributed by atoms with Crippen LogP contribution in [0.25, 0.3) is 0 Å². The molecule has 2 heterocycles. The van der Waals surface area contributed by atoms with Gasteiger partial charge in [0, 0.05) is 18.5 Å². The summed E-state index contributed by atoms with van der Waals surface area (Å²) in [6.07, 6.45) is -0.594. The molecule has 0 atom stereocenters. The van der Waals surface area contributed by atoms with Crippen molar-refractivity contribution in [1.82, 2.24) is 15.6 Å². The van der Waals surface area contributed by atoms with E-state index in [1.165, 1.54) is 0 Å². The number of carboxylic acid groups (broad SMARTS) is 1. The van der Waals surface area contributed by atoms with Crippen molar-refractivity contribution in [3.05, 3.63) is 40.5 Å². The van der Waals surface area contributed by atoms with Gasteiger partial charge in [-0.25, -0.2) is 27.0 Å². The number of anilines is 1. The molecule has 0 fully saturated rings. The normalized spacial score (nSPS) is 13.5. The molecular formula is C16H15F2N5O5S2.